The first-order chi connectivity index (χ1) is 9.16. The van der Waals surface area contributed by atoms with E-state index in [-0.39, 0.29) is 0 Å². The monoisotopic (exact) mass is 448 g/mol. The average Bonchev–Trinajstić information content (AvgIpc) is 2.39. The van der Waals surface area contributed by atoms with E-state index in [9.17, 15) is 0 Å². The van der Waals surface area contributed by atoms with Crippen LogP contribution in [0.2, 0.25) is 0 Å². The first-order valence-electron chi connectivity index (χ1n) is 5.62. The summed E-state index contributed by atoms with van der Waals surface area (Å²) in [7, 11) is 0. The van der Waals surface area contributed by atoms with Gasteiger partial charge in [-0.15, -0.1) is 0 Å². The van der Waals surface area contributed by atoms with Crippen molar-refractivity contribution in [3.63, 3.8) is 0 Å². The Morgan fingerprint density at radius 1 is 0.737 bits per heavy atom. The van der Waals surface area contributed by atoms with E-state index < -0.39 is 0 Å². The normalized spacial score (nSPS) is 10.3. The van der Waals surface area contributed by atoms with Crippen LogP contribution in [0.15, 0.2) is 55.9 Å². The van der Waals surface area contributed by atoms with Crippen molar-refractivity contribution in [2.75, 3.05) is 13.2 Å². The molecule has 0 N–H and O–H groups in total. The topological polar surface area (TPSA) is 18.5 Å². The third kappa shape index (κ3) is 4.51. The quantitative estimate of drug-likeness (QED) is 0.565. The summed E-state index contributed by atoms with van der Waals surface area (Å²) in [6.45, 7) is 0.979. The molecule has 0 bridgehead atoms. The third-order valence-corrected chi connectivity index (χ3v) is 4.11. The Hall–Kier alpha value is -0.520. The van der Waals surface area contributed by atoms with Gasteiger partial charge in [0.15, 0.2) is 0 Å². The molecule has 0 atom stereocenters. The lowest BCUT2D eigenvalue weighted by Crippen LogP contribution is -2.09. The molecule has 0 spiro atoms. The van der Waals surface area contributed by atoms with Crippen molar-refractivity contribution in [1.82, 2.24) is 0 Å². The van der Waals surface area contributed by atoms with Crippen molar-refractivity contribution in [3.8, 4) is 11.5 Å². The van der Waals surface area contributed by atoms with Crippen molar-refractivity contribution in [3.05, 3.63) is 55.9 Å². The minimum Gasteiger partial charge on any atom is -0.490 e. The van der Waals surface area contributed by atoms with Gasteiger partial charge in [0.1, 0.15) is 24.7 Å². The van der Waals surface area contributed by atoms with Gasteiger partial charge in [0.2, 0.25) is 0 Å². The fourth-order valence-electron chi connectivity index (χ4n) is 1.45. The van der Waals surface area contributed by atoms with Gasteiger partial charge in [0, 0.05) is 4.47 Å². The molecule has 0 aliphatic carbocycles. The van der Waals surface area contributed by atoms with Crippen molar-refractivity contribution in [1.29, 1.82) is 0 Å². The summed E-state index contributed by atoms with van der Waals surface area (Å²) in [6, 6.07) is 13.5. The van der Waals surface area contributed by atoms with Crippen molar-refractivity contribution in [2.45, 2.75) is 0 Å². The van der Waals surface area contributed by atoms with E-state index >= 15 is 0 Å². The van der Waals surface area contributed by atoms with Gasteiger partial charge in [0.25, 0.3) is 0 Å². The van der Waals surface area contributed by atoms with Crippen molar-refractivity contribution in [2.24, 2.45) is 0 Å². The molecule has 5 heteroatoms. The summed E-state index contributed by atoms with van der Waals surface area (Å²) < 4.78 is 14.1. The number of hydrogen-bond acceptors (Lipinski definition) is 2. The molecule has 0 saturated carbocycles. The Morgan fingerprint density at radius 2 is 1.32 bits per heavy atom. The van der Waals surface area contributed by atoms with Crippen LogP contribution in [0.1, 0.15) is 0 Å². The highest BCUT2D eigenvalue weighted by atomic mass is 79.9. The van der Waals surface area contributed by atoms with E-state index in [1.807, 2.05) is 42.5 Å². The maximum absolute atomic E-state index is 5.69. The van der Waals surface area contributed by atoms with Gasteiger partial charge in [-0.25, -0.2) is 0 Å². The molecule has 2 aromatic carbocycles. The van der Waals surface area contributed by atoms with Gasteiger partial charge in [-0.1, -0.05) is 22.0 Å². The third-order valence-electron chi connectivity index (χ3n) is 2.33. The summed E-state index contributed by atoms with van der Waals surface area (Å²) in [6.07, 6.45) is 0. The average molecular weight is 451 g/mol. The first-order valence-corrected chi connectivity index (χ1v) is 8.00. The van der Waals surface area contributed by atoms with Gasteiger partial charge in [-0.05, 0) is 68.3 Å². The van der Waals surface area contributed by atoms with Gasteiger partial charge < -0.3 is 9.47 Å². The molecule has 2 aromatic rings. The fourth-order valence-corrected chi connectivity index (χ4v) is 2.95. The second kappa shape index (κ2) is 7.31. The van der Waals surface area contributed by atoms with E-state index in [1.54, 1.807) is 0 Å². The highest BCUT2D eigenvalue weighted by Crippen LogP contribution is 2.32. The molecule has 0 radical (unpaired) electrons. The molecular weight excluding hydrogens is 440 g/mol. The summed E-state index contributed by atoms with van der Waals surface area (Å²) >= 11 is 10.3. The number of benzene rings is 2. The summed E-state index contributed by atoms with van der Waals surface area (Å²) in [5, 5.41) is 0. The van der Waals surface area contributed by atoms with Crippen LogP contribution < -0.4 is 9.47 Å². The summed E-state index contributed by atoms with van der Waals surface area (Å²) in [5.41, 5.74) is 0. The van der Waals surface area contributed by atoms with Crippen LogP contribution in [0.25, 0.3) is 0 Å². The lowest BCUT2D eigenvalue weighted by atomic mass is 10.3. The summed E-state index contributed by atoms with van der Waals surface area (Å²) in [5.74, 6) is 1.62. The van der Waals surface area contributed by atoms with E-state index in [1.165, 1.54) is 0 Å². The predicted molar refractivity (Wildman–Crippen MR) is 87.0 cm³/mol. The van der Waals surface area contributed by atoms with E-state index in [0.29, 0.717) is 13.2 Å². The van der Waals surface area contributed by atoms with Crippen LogP contribution in [0.3, 0.4) is 0 Å². The van der Waals surface area contributed by atoms with Gasteiger partial charge in [0.05, 0.1) is 8.95 Å². The van der Waals surface area contributed by atoms with Gasteiger partial charge in [-0.2, -0.15) is 0 Å². The molecule has 0 aliphatic rings. The minimum atomic E-state index is 0.483. The zero-order valence-corrected chi connectivity index (χ0v) is 14.7. The Labute approximate surface area is 137 Å². The van der Waals surface area contributed by atoms with E-state index in [2.05, 4.69) is 47.8 Å². The highest BCUT2D eigenvalue weighted by molar-refractivity contribution is 9.11. The zero-order chi connectivity index (χ0) is 13.7. The maximum atomic E-state index is 5.69. The van der Waals surface area contributed by atoms with Crippen LogP contribution in [-0.4, -0.2) is 13.2 Å². The predicted octanol–water partition coefficient (Wildman–Crippen LogP) is 5.43. The van der Waals surface area contributed by atoms with Crippen LogP contribution in [-0.2, 0) is 0 Å². The molecule has 0 saturated heterocycles. The van der Waals surface area contributed by atoms with Crippen LogP contribution >= 0.6 is 47.8 Å². The number of halogens is 3. The maximum Gasteiger partial charge on any atom is 0.147 e. The van der Waals surface area contributed by atoms with Crippen LogP contribution in [0.4, 0.5) is 0 Å². The largest absolute Gasteiger partial charge is 0.490 e. The number of ether oxygens (including phenoxy) is 2. The number of rotatable bonds is 5. The molecule has 19 heavy (non-hydrogen) atoms. The van der Waals surface area contributed by atoms with Crippen molar-refractivity contribution >= 4 is 47.8 Å². The lowest BCUT2D eigenvalue weighted by Gasteiger charge is -2.11. The number of para-hydroxylation sites is 1. The summed E-state index contributed by atoms with van der Waals surface area (Å²) in [4.78, 5) is 0. The SMILES string of the molecule is Brc1ccc(OCCOc2c(Br)cccc2Br)cc1. The minimum absolute atomic E-state index is 0.483. The second-order valence-corrected chi connectivity index (χ2v) is 6.33. The molecule has 0 amide bonds. The van der Waals surface area contributed by atoms with E-state index in [0.717, 1.165) is 24.9 Å². The Morgan fingerprint density at radius 3 is 1.95 bits per heavy atom. The molecule has 0 aliphatic heterocycles. The molecule has 100 valence electrons. The Kier molecular flexibility index (Phi) is 5.73. The van der Waals surface area contributed by atoms with Crippen molar-refractivity contribution < 1.29 is 9.47 Å². The standard InChI is InChI=1S/C14H11Br3O2/c15-10-4-6-11(7-5-10)18-8-9-19-14-12(16)2-1-3-13(14)17/h1-7H,8-9H2. The smallest absolute Gasteiger partial charge is 0.147 e. The van der Waals surface area contributed by atoms with Gasteiger partial charge >= 0.3 is 0 Å². The van der Waals surface area contributed by atoms with Gasteiger partial charge in [-0.3, -0.25) is 0 Å². The van der Waals surface area contributed by atoms with Crippen LogP contribution in [0, 0.1) is 0 Å². The second-order valence-electron chi connectivity index (χ2n) is 3.70. The fraction of sp³-hybridized carbons (Fsp3) is 0.143. The molecule has 0 heterocycles. The lowest BCUT2D eigenvalue weighted by molar-refractivity contribution is 0.215. The first kappa shape index (κ1) is 14.9. The van der Waals surface area contributed by atoms with Crippen LogP contribution in [0.5, 0.6) is 11.5 Å². The molecule has 0 fully saturated rings. The molecule has 2 nitrogen and oxygen atoms in total. The molecule has 2 rings (SSSR count). The highest BCUT2D eigenvalue weighted by Gasteiger charge is 2.05. The Bertz CT molecular complexity index is 521. The Balaban J connectivity index is 1.82. The van der Waals surface area contributed by atoms with E-state index in [4.69, 9.17) is 9.47 Å². The molecule has 0 unspecified atom stereocenters. The molecular formula is C14H11Br3O2. The molecule has 0 aromatic heterocycles. The zero-order valence-electron chi connectivity index (χ0n) is 9.91. The number of hydrogen-bond donors (Lipinski definition) is 0.